The molecule has 1 aliphatic heterocycles. The maximum Gasteiger partial charge on any atom is 0.0553 e. The van der Waals surface area contributed by atoms with Gasteiger partial charge in [-0.05, 0) is 26.1 Å². The largest absolute Gasteiger partial charge is 0.368 e. The summed E-state index contributed by atoms with van der Waals surface area (Å²) in [6, 6.07) is 4.24. The molecule has 90 valence electrons. The summed E-state index contributed by atoms with van der Waals surface area (Å²) in [5.41, 5.74) is 2.34. The van der Waals surface area contributed by atoms with Crippen molar-refractivity contribution in [3.63, 3.8) is 0 Å². The number of aryl methyl sites for hydroxylation is 1. The van der Waals surface area contributed by atoms with Gasteiger partial charge in [0.2, 0.25) is 0 Å². The summed E-state index contributed by atoms with van der Waals surface area (Å²) in [7, 11) is 2.17. The van der Waals surface area contributed by atoms with Gasteiger partial charge in [-0.25, -0.2) is 0 Å². The van der Waals surface area contributed by atoms with Crippen molar-refractivity contribution in [1.29, 1.82) is 0 Å². The summed E-state index contributed by atoms with van der Waals surface area (Å²) < 4.78 is 0. The lowest BCUT2D eigenvalue weighted by Gasteiger charge is -2.33. The number of piperazine rings is 1. The molecule has 1 aliphatic rings. The minimum absolute atomic E-state index is 1.09. The minimum atomic E-state index is 1.09. The number of aromatic nitrogens is 1. The zero-order valence-electron chi connectivity index (χ0n) is 10.9. The van der Waals surface area contributed by atoms with Gasteiger partial charge < -0.3 is 9.80 Å². The summed E-state index contributed by atoms with van der Waals surface area (Å²) >= 11 is 0. The summed E-state index contributed by atoms with van der Waals surface area (Å²) in [6.45, 7) is 10.5. The molecule has 0 aliphatic carbocycles. The molecule has 3 heteroatoms. The molecule has 0 unspecified atom stereocenters. The van der Waals surface area contributed by atoms with Crippen molar-refractivity contribution in [2.45, 2.75) is 20.8 Å². The third-order valence-corrected chi connectivity index (χ3v) is 2.76. The van der Waals surface area contributed by atoms with Crippen LogP contribution in [-0.2, 0) is 0 Å². The van der Waals surface area contributed by atoms with Gasteiger partial charge in [0, 0.05) is 31.9 Å². The highest BCUT2D eigenvalue weighted by atomic mass is 15.2. The first-order valence-corrected chi connectivity index (χ1v) is 6.12. The van der Waals surface area contributed by atoms with Gasteiger partial charge in [-0.1, -0.05) is 13.8 Å². The quantitative estimate of drug-likeness (QED) is 0.724. The van der Waals surface area contributed by atoms with Crippen LogP contribution < -0.4 is 4.90 Å². The van der Waals surface area contributed by atoms with Crippen LogP contribution in [0.1, 0.15) is 19.5 Å². The molecule has 0 amide bonds. The molecule has 1 fully saturated rings. The van der Waals surface area contributed by atoms with E-state index < -0.39 is 0 Å². The molecule has 0 atom stereocenters. The molecular formula is C13H23N3. The topological polar surface area (TPSA) is 19.4 Å². The third kappa shape index (κ3) is 3.49. The van der Waals surface area contributed by atoms with Gasteiger partial charge in [0.15, 0.2) is 0 Å². The van der Waals surface area contributed by atoms with Crippen molar-refractivity contribution in [1.82, 2.24) is 9.88 Å². The number of pyridine rings is 1. The molecule has 0 spiro atoms. The monoisotopic (exact) mass is 221 g/mol. The van der Waals surface area contributed by atoms with Crippen molar-refractivity contribution in [3.8, 4) is 0 Å². The molecule has 1 aromatic rings. The lowest BCUT2D eigenvalue weighted by atomic mass is 10.2. The minimum Gasteiger partial charge on any atom is -0.368 e. The maximum absolute atomic E-state index is 4.32. The molecule has 1 aromatic heterocycles. The molecule has 2 heterocycles. The zero-order valence-corrected chi connectivity index (χ0v) is 10.9. The molecule has 0 aromatic carbocycles. The second-order valence-electron chi connectivity index (χ2n) is 3.95. The van der Waals surface area contributed by atoms with Crippen LogP contribution in [-0.4, -0.2) is 43.1 Å². The van der Waals surface area contributed by atoms with Crippen molar-refractivity contribution < 1.29 is 0 Å². The first-order valence-electron chi connectivity index (χ1n) is 6.12. The molecule has 1 saturated heterocycles. The van der Waals surface area contributed by atoms with Gasteiger partial charge in [-0.3, -0.25) is 4.98 Å². The van der Waals surface area contributed by atoms with E-state index in [1.54, 1.807) is 0 Å². The Morgan fingerprint density at radius 1 is 1.06 bits per heavy atom. The Hall–Kier alpha value is -1.09. The molecule has 0 N–H and O–H groups in total. The number of likely N-dealkylation sites (N-methyl/N-ethyl adjacent to an activating group) is 1. The molecule has 0 saturated carbocycles. The highest BCUT2D eigenvalue weighted by Gasteiger charge is 2.13. The number of anilines is 1. The first-order chi connectivity index (χ1) is 7.75. The highest BCUT2D eigenvalue weighted by Crippen LogP contribution is 2.14. The Labute approximate surface area is 99.1 Å². The van der Waals surface area contributed by atoms with Crippen LogP contribution in [0.2, 0.25) is 0 Å². The first kappa shape index (κ1) is 13.0. The zero-order chi connectivity index (χ0) is 12.0. The van der Waals surface area contributed by atoms with Gasteiger partial charge in [0.05, 0.1) is 11.9 Å². The predicted molar refractivity (Wildman–Crippen MR) is 70.0 cm³/mol. The van der Waals surface area contributed by atoms with Crippen molar-refractivity contribution in [3.05, 3.63) is 24.0 Å². The summed E-state index contributed by atoms with van der Waals surface area (Å²) in [4.78, 5) is 9.07. The Bertz CT molecular complexity index is 287. The lowest BCUT2D eigenvalue weighted by Crippen LogP contribution is -2.44. The molecule has 0 radical (unpaired) electrons. The highest BCUT2D eigenvalue weighted by molar-refractivity contribution is 5.44. The fraction of sp³-hybridized carbons (Fsp3) is 0.615. The molecule has 0 bridgehead atoms. The van der Waals surface area contributed by atoms with E-state index in [0.29, 0.717) is 0 Å². The Morgan fingerprint density at radius 2 is 1.69 bits per heavy atom. The van der Waals surface area contributed by atoms with Crippen LogP contribution in [0.25, 0.3) is 0 Å². The van der Waals surface area contributed by atoms with E-state index in [-0.39, 0.29) is 0 Å². The van der Waals surface area contributed by atoms with E-state index in [4.69, 9.17) is 0 Å². The van der Waals surface area contributed by atoms with Crippen LogP contribution in [0.15, 0.2) is 18.3 Å². The maximum atomic E-state index is 4.32. The van der Waals surface area contributed by atoms with E-state index in [1.165, 1.54) is 5.69 Å². The second-order valence-corrected chi connectivity index (χ2v) is 3.95. The average molecular weight is 221 g/mol. The number of hydrogen-bond donors (Lipinski definition) is 0. The van der Waals surface area contributed by atoms with Gasteiger partial charge in [0.1, 0.15) is 0 Å². The summed E-state index contributed by atoms with van der Waals surface area (Å²) in [5, 5.41) is 0. The van der Waals surface area contributed by atoms with Crippen molar-refractivity contribution >= 4 is 5.69 Å². The third-order valence-electron chi connectivity index (χ3n) is 2.76. The SMILES string of the molecule is CC.Cc1ccc(N2CCN(C)CC2)cn1. The molecule has 3 nitrogen and oxygen atoms in total. The average Bonchev–Trinajstić information content (AvgIpc) is 2.34. The van der Waals surface area contributed by atoms with E-state index in [2.05, 4.69) is 34.0 Å². The smallest absolute Gasteiger partial charge is 0.0553 e. The number of nitrogens with zero attached hydrogens (tertiary/aromatic N) is 3. The lowest BCUT2D eigenvalue weighted by molar-refractivity contribution is 0.313. The van der Waals surface area contributed by atoms with E-state index in [1.807, 2.05) is 27.0 Å². The molecule has 16 heavy (non-hydrogen) atoms. The van der Waals surface area contributed by atoms with Crippen LogP contribution >= 0.6 is 0 Å². The normalized spacial score (nSPS) is 16.6. The van der Waals surface area contributed by atoms with Crippen LogP contribution in [0.3, 0.4) is 0 Å². The summed E-state index contributed by atoms with van der Waals surface area (Å²) in [5.74, 6) is 0. The van der Waals surface area contributed by atoms with Gasteiger partial charge in [-0.2, -0.15) is 0 Å². The molecular weight excluding hydrogens is 198 g/mol. The predicted octanol–water partition coefficient (Wildman–Crippen LogP) is 2.17. The Kier molecular flexibility index (Phi) is 5.26. The van der Waals surface area contributed by atoms with E-state index in [9.17, 15) is 0 Å². The second kappa shape index (κ2) is 6.48. The van der Waals surface area contributed by atoms with Gasteiger partial charge >= 0.3 is 0 Å². The standard InChI is InChI=1S/C11H17N3.C2H6/c1-10-3-4-11(9-12-10)14-7-5-13(2)6-8-14;1-2/h3-4,9H,5-8H2,1-2H3;1-2H3. The van der Waals surface area contributed by atoms with Crippen molar-refractivity contribution in [2.24, 2.45) is 0 Å². The van der Waals surface area contributed by atoms with E-state index in [0.717, 1.165) is 31.9 Å². The van der Waals surface area contributed by atoms with Crippen molar-refractivity contribution in [2.75, 3.05) is 38.1 Å². The number of hydrogen-bond acceptors (Lipinski definition) is 3. The van der Waals surface area contributed by atoms with Gasteiger partial charge in [0.25, 0.3) is 0 Å². The van der Waals surface area contributed by atoms with Crippen LogP contribution in [0.4, 0.5) is 5.69 Å². The van der Waals surface area contributed by atoms with Gasteiger partial charge in [-0.15, -0.1) is 0 Å². The Morgan fingerprint density at radius 3 is 2.19 bits per heavy atom. The summed E-state index contributed by atoms with van der Waals surface area (Å²) in [6.07, 6.45) is 1.97. The van der Waals surface area contributed by atoms with E-state index >= 15 is 0 Å². The Balaban J connectivity index is 0.000000606. The fourth-order valence-electron chi connectivity index (χ4n) is 1.71. The van der Waals surface area contributed by atoms with Crippen LogP contribution in [0.5, 0.6) is 0 Å². The fourth-order valence-corrected chi connectivity index (χ4v) is 1.71. The number of rotatable bonds is 1. The molecule has 2 rings (SSSR count). The van der Waals surface area contributed by atoms with Crippen LogP contribution in [0, 0.1) is 6.92 Å².